The normalized spacial score (nSPS) is 10.5. The summed E-state index contributed by atoms with van der Waals surface area (Å²) in [7, 11) is 1.31. The van der Waals surface area contributed by atoms with Crippen LogP contribution in [0.3, 0.4) is 0 Å². The fourth-order valence-electron chi connectivity index (χ4n) is 0.814. The van der Waals surface area contributed by atoms with Crippen molar-refractivity contribution in [1.82, 2.24) is 5.32 Å². The molecule has 0 aliphatic carbocycles. The lowest BCUT2D eigenvalue weighted by atomic mass is 10.2. The minimum absolute atomic E-state index is 0.0375. The molecule has 14 heavy (non-hydrogen) atoms. The van der Waals surface area contributed by atoms with E-state index >= 15 is 0 Å². The van der Waals surface area contributed by atoms with Crippen LogP contribution < -0.4 is 5.32 Å². The predicted octanol–water partition coefficient (Wildman–Crippen LogP) is 0.819. The smallest absolute Gasteiger partial charge is 0.327 e. The topological polar surface area (TPSA) is 74.5 Å². The fraction of sp³-hybridized carbons (Fsp3) is 0.667. The zero-order valence-corrected chi connectivity index (χ0v) is 8.54. The summed E-state index contributed by atoms with van der Waals surface area (Å²) in [5.74, 6) is 0.137. The Morgan fingerprint density at radius 2 is 2.36 bits per heavy atom. The van der Waals surface area contributed by atoms with Crippen LogP contribution in [0.5, 0.6) is 0 Å². The van der Waals surface area contributed by atoms with Gasteiger partial charge in [0.15, 0.2) is 6.19 Å². The molecule has 0 bridgehead atoms. The van der Waals surface area contributed by atoms with Crippen molar-refractivity contribution in [2.45, 2.75) is 26.2 Å². The van der Waals surface area contributed by atoms with Crippen molar-refractivity contribution in [2.75, 3.05) is 13.7 Å². The maximum absolute atomic E-state index is 10.8. The summed E-state index contributed by atoms with van der Waals surface area (Å²) in [4.78, 5) is 14.7. The average molecular weight is 197 g/mol. The van der Waals surface area contributed by atoms with Crippen molar-refractivity contribution in [2.24, 2.45) is 4.99 Å². The quantitative estimate of drug-likeness (QED) is 0.233. The lowest BCUT2D eigenvalue weighted by molar-refractivity contribution is -0.138. The van der Waals surface area contributed by atoms with Crippen LogP contribution in [0.2, 0.25) is 0 Å². The van der Waals surface area contributed by atoms with E-state index in [4.69, 9.17) is 5.26 Å². The molecule has 0 aliphatic heterocycles. The highest BCUT2D eigenvalue weighted by Gasteiger charge is 2.00. The van der Waals surface area contributed by atoms with Crippen LogP contribution in [0.1, 0.15) is 26.2 Å². The Hall–Kier alpha value is -1.57. The Balaban J connectivity index is 4.04. The largest absolute Gasteiger partial charge is 0.468 e. The Labute approximate surface area is 83.8 Å². The van der Waals surface area contributed by atoms with Gasteiger partial charge in [0.1, 0.15) is 12.4 Å². The van der Waals surface area contributed by atoms with E-state index in [1.54, 1.807) is 6.19 Å². The average Bonchev–Trinajstić information content (AvgIpc) is 2.21. The molecule has 0 aromatic heterocycles. The first kappa shape index (κ1) is 12.4. The number of rotatable bonds is 5. The molecule has 0 heterocycles. The van der Waals surface area contributed by atoms with Crippen LogP contribution in [-0.2, 0) is 9.53 Å². The fourth-order valence-corrected chi connectivity index (χ4v) is 0.814. The van der Waals surface area contributed by atoms with Crippen LogP contribution in [0, 0.1) is 11.5 Å². The van der Waals surface area contributed by atoms with Crippen LogP contribution >= 0.6 is 0 Å². The third-order valence-electron chi connectivity index (χ3n) is 1.59. The molecule has 5 nitrogen and oxygen atoms in total. The Kier molecular flexibility index (Phi) is 7.15. The van der Waals surface area contributed by atoms with Crippen LogP contribution in [0.15, 0.2) is 4.99 Å². The molecule has 78 valence electrons. The summed E-state index contributed by atoms with van der Waals surface area (Å²) in [6.45, 7) is 2.01. The number of esters is 1. The van der Waals surface area contributed by atoms with E-state index in [-0.39, 0.29) is 6.54 Å². The number of unbranched alkanes of at least 4 members (excludes halogenated alkanes) is 1. The molecule has 5 heteroatoms. The van der Waals surface area contributed by atoms with Gasteiger partial charge >= 0.3 is 5.97 Å². The molecule has 0 unspecified atom stereocenters. The first-order valence-corrected chi connectivity index (χ1v) is 4.49. The maximum atomic E-state index is 10.8. The molecule has 1 N–H and O–H groups in total. The number of carbonyl (C=O) groups is 1. The number of amidine groups is 1. The van der Waals surface area contributed by atoms with Gasteiger partial charge in [0.05, 0.1) is 7.11 Å². The summed E-state index contributed by atoms with van der Waals surface area (Å²) in [6, 6.07) is 0. The lowest BCUT2D eigenvalue weighted by Gasteiger charge is -2.02. The third kappa shape index (κ3) is 6.00. The molecule has 0 saturated carbocycles. The van der Waals surface area contributed by atoms with Gasteiger partial charge in [-0.25, -0.2) is 0 Å². The van der Waals surface area contributed by atoms with Crippen LogP contribution in [0.25, 0.3) is 0 Å². The van der Waals surface area contributed by atoms with Crippen molar-refractivity contribution in [3.8, 4) is 6.19 Å². The lowest BCUT2D eigenvalue weighted by Crippen LogP contribution is -2.19. The second kappa shape index (κ2) is 8.05. The molecule has 0 aliphatic rings. The van der Waals surface area contributed by atoms with Gasteiger partial charge in [0.2, 0.25) is 0 Å². The number of nitriles is 1. The number of aliphatic imine (C=N–C) groups is 1. The molecular formula is C9H15N3O2. The number of hydrogen-bond donors (Lipinski definition) is 1. The summed E-state index contributed by atoms with van der Waals surface area (Å²) in [5, 5.41) is 10.8. The molecule has 0 aromatic carbocycles. The van der Waals surface area contributed by atoms with Gasteiger partial charge in [-0.3, -0.25) is 15.1 Å². The minimum Gasteiger partial charge on any atom is -0.468 e. The van der Waals surface area contributed by atoms with Crippen molar-refractivity contribution in [3.63, 3.8) is 0 Å². The van der Waals surface area contributed by atoms with E-state index < -0.39 is 5.97 Å². The second-order valence-electron chi connectivity index (χ2n) is 2.68. The summed E-state index contributed by atoms with van der Waals surface area (Å²) < 4.78 is 4.43. The van der Waals surface area contributed by atoms with Crippen molar-refractivity contribution in [1.29, 1.82) is 5.26 Å². The second-order valence-corrected chi connectivity index (χ2v) is 2.68. The highest BCUT2D eigenvalue weighted by molar-refractivity contribution is 5.85. The van der Waals surface area contributed by atoms with Crippen molar-refractivity contribution in [3.05, 3.63) is 0 Å². The third-order valence-corrected chi connectivity index (χ3v) is 1.59. The SMILES string of the molecule is CCCCC(=NCC(=O)OC)NC#N. The van der Waals surface area contributed by atoms with E-state index in [0.29, 0.717) is 12.3 Å². The number of nitrogens with one attached hydrogen (secondary N) is 1. The summed E-state index contributed by atoms with van der Waals surface area (Å²) in [6.07, 6.45) is 4.42. The van der Waals surface area contributed by atoms with Gasteiger partial charge in [-0.2, -0.15) is 5.26 Å². The van der Waals surface area contributed by atoms with Gasteiger partial charge in [-0.05, 0) is 6.42 Å². The van der Waals surface area contributed by atoms with Crippen molar-refractivity contribution < 1.29 is 9.53 Å². The van der Waals surface area contributed by atoms with Gasteiger partial charge in [-0.15, -0.1) is 0 Å². The monoisotopic (exact) mass is 197 g/mol. The number of nitrogens with zero attached hydrogens (tertiary/aromatic N) is 2. The van der Waals surface area contributed by atoms with E-state index in [0.717, 1.165) is 12.8 Å². The molecular weight excluding hydrogens is 182 g/mol. The molecule has 0 rings (SSSR count). The molecule has 0 amide bonds. The number of methoxy groups -OCH3 is 1. The van der Waals surface area contributed by atoms with Gasteiger partial charge in [0.25, 0.3) is 0 Å². The molecule has 0 spiro atoms. The number of carbonyl (C=O) groups excluding carboxylic acids is 1. The van der Waals surface area contributed by atoms with Crippen molar-refractivity contribution >= 4 is 11.8 Å². The Morgan fingerprint density at radius 1 is 1.64 bits per heavy atom. The maximum Gasteiger partial charge on any atom is 0.327 e. The summed E-state index contributed by atoms with van der Waals surface area (Å²) >= 11 is 0. The predicted molar refractivity (Wildman–Crippen MR) is 52.6 cm³/mol. The summed E-state index contributed by atoms with van der Waals surface area (Å²) in [5.41, 5.74) is 0. The zero-order valence-electron chi connectivity index (χ0n) is 8.54. The van der Waals surface area contributed by atoms with Crippen LogP contribution in [0.4, 0.5) is 0 Å². The molecule has 0 radical (unpaired) electrons. The van der Waals surface area contributed by atoms with E-state index in [1.807, 2.05) is 6.92 Å². The van der Waals surface area contributed by atoms with E-state index in [2.05, 4.69) is 15.0 Å². The van der Waals surface area contributed by atoms with Crippen LogP contribution in [-0.4, -0.2) is 25.5 Å². The number of hydrogen-bond acceptors (Lipinski definition) is 4. The first-order chi connectivity index (χ1) is 6.74. The highest BCUT2D eigenvalue weighted by atomic mass is 16.5. The molecule has 0 aromatic rings. The van der Waals surface area contributed by atoms with Gasteiger partial charge in [-0.1, -0.05) is 13.3 Å². The molecule has 0 fully saturated rings. The highest BCUT2D eigenvalue weighted by Crippen LogP contribution is 1.95. The van der Waals surface area contributed by atoms with Gasteiger partial charge in [0, 0.05) is 6.42 Å². The Morgan fingerprint density at radius 3 is 2.86 bits per heavy atom. The standard InChI is InChI=1S/C9H15N3O2/c1-3-4-5-8(12-7-10)11-6-9(13)14-2/h3-6H2,1-2H3,(H,11,12). The van der Waals surface area contributed by atoms with E-state index in [1.165, 1.54) is 7.11 Å². The molecule has 0 saturated heterocycles. The zero-order chi connectivity index (χ0) is 10.8. The molecule has 0 atom stereocenters. The minimum atomic E-state index is -0.404. The number of ether oxygens (including phenoxy) is 1. The first-order valence-electron chi connectivity index (χ1n) is 4.49. The Bertz CT molecular complexity index is 243. The van der Waals surface area contributed by atoms with Gasteiger partial charge < -0.3 is 4.74 Å². The van der Waals surface area contributed by atoms with E-state index in [9.17, 15) is 4.79 Å².